The number of carbonyl (C=O) groups is 1. The Hall–Kier alpha value is -1.11. The van der Waals surface area contributed by atoms with Crippen molar-refractivity contribution in [2.45, 2.75) is 64.3 Å². The normalized spacial score (nSPS) is 44.9. The van der Waals surface area contributed by atoms with Gasteiger partial charge in [0.05, 0.1) is 17.9 Å². The number of fused-ring (bicyclic) bond motifs is 1. The summed E-state index contributed by atoms with van der Waals surface area (Å²) >= 11 is 0. The molecule has 1 saturated heterocycles. The number of aliphatic hydroxyl groups is 1. The number of aliphatic carboxylic acids is 1. The molecule has 6 nitrogen and oxygen atoms in total. The zero-order valence-corrected chi connectivity index (χ0v) is 13.0. The van der Waals surface area contributed by atoms with Gasteiger partial charge in [-0.3, -0.25) is 0 Å². The third-order valence-electron chi connectivity index (χ3n) is 5.16. The van der Waals surface area contributed by atoms with Crippen molar-refractivity contribution in [3.05, 3.63) is 11.8 Å². The van der Waals surface area contributed by atoms with E-state index in [-0.39, 0.29) is 17.9 Å². The van der Waals surface area contributed by atoms with Crippen LogP contribution in [0.2, 0.25) is 0 Å². The predicted molar refractivity (Wildman–Crippen MR) is 76.6 cm³/mol. The molecule has 3 rings (SSSR count). The van der Waals surface area contributed by atoms with Gasteiger partial charge in [0.2, 0.25) is 6.29 Å². The van der Waals surface area contributed by atoms with Crippen molar-refractivity contribution in [3.8, 4) is 0 Å². The minimum absolute atomic E-state index is 0.0101. The highest BCUT2D eigenvalue weighted by Crippen LogP contribution is 2.47. The van der Waals surface area contributed by atoms with E-state index < -0.39 is 24.7 Å². The van der Waals surface area contributed by atoms with Gasteiger partial charge in [0, 0.05) is 11.8 Å². The Morgan fingerprint density at radius 3 is 2.73 bits per heavy atom. The first-order valence-electron chi connectivity index (χ1n) is 8.05. The molecule has 2 fully saturated rings. The van der Waals surface area contributed by atoms with Gasteiger partial charge in [0.1, 0.15) is 6.10 Å². The second-order valence-corrected chi connectivity index (χ2v) is 6.72. The van der Waals surface area contributed by atoms with E-state index in [0.717, 1.165) is 19.3 Å². The second kappa shape index (κ2) is 6.18. The van der Waals surface area contributed by atoms with Gasteiger partial charge in [0.15, 0.2) is 6.29 Å². The van der Waals surface area contributed by atoms with Gasteiger partial charge in [-0.25, -0.2) is 4.79 Å². The average Bonchev–Trinajstić information content (AvgIpc) is 2.85. The number of hydrogen-bond donors (Lipinski definition) is 2. The lowest BCUT2D eigenvalue weighted by Crippen LogP contribution is -2.46. The Balaban J connectivity index is 1.75. The average molecular weight is 312 g/mol. The van der Waals surface area contributed by atoms with E-state index in [1.165, 1.54) is 6.26 Å². The summed E-state index contributed by atoms with van der Waals surface area (Å²) in [7, 11) is 0. The minimum Gasteiger partial charge on any atom is -0.478 e. The number of aliphatic hydroxyl groups excluding tert-OH is 1. The molecule has 22 heavy (non-hydrogen) atoms. The van der Waals surface area contributed by atoms with Crippen LogP contribution in [0.5, 0.6) is 0 Å². The third-order valence-corrected chi connectivity index (χ3v) is 5.16. The van der Waals surface area contributed by atoms with E-state index in [1.54, 1.807) is 0 Å². The number of ether oxygens (including phenoxy) is 3. The van der Waals surface area contributed by atoms with Crippen molar-refractivity contribution in [1.29, 1.82) is 0 Å². The van der Waals surface area contributed by atoms with E-state index in [4.69, 9.17) is 14.2 Å². The summed E-state index contributed by atoms with van der Waals surface area (Å²) in [6.45, 7) is 4.04. The van der Waals surface area contributed by atoms with Crippen LogP contribution in [-0.2, 0) is 19.0 Å². The summed E-state index contributed by atoms with van der Waals surface area (Å²) in [6.07, 6.45) is 2.64. The summed E-state index contributed by atoms with van der Waals surface area (Å²) in [5, 5.41) is 19.4. The van der Waals surface area contributed by atoms with Gasteiger partial charge < -0.3 is 24.4 Å². The highest BCUT2D eigenvalue weighted by Gasteiger charge is 2.48. The molecule has 0 aromatic carbocycles. The molecule has 3 aliphatic rings. The zero-order chi connectivity index (χ0) is 15.9. The molecule has 2 heterocycles. The van der Waals surface area contributed by atoms with E-state index in [0.29, 0.717) is 17.9 Å². The Morgan fingerprint density at radius 1 is 1.23 bits per heavy atom. The molecule has 0 aromatic heterocycles. The van der Waals surface area contributed by atoms with Crippen LogP contribution in [0.3, 0.4) is 0 Å². The van der Waals surface area contributed by atoms with Crippen molar-refractivity contribution >= 4 is 5.97 Å². The fourth-order valence-corrected chi connectivity index (χ4v) is 3.88. The lowest BCUT2D eigenvalue weighted by Gasteiger charge is -2.39. The molecule has 0 amide bonds. The van der Waals surface area contributed by atoms with Crippen molar-refractivity contribution < 1.29 is 29.2 Å². The fourth-order valence-electron chi connectivity index (χ4n) is 3.88. The Labute approximate surface area is 130 Å². The molecule has 2 aliphatic heterocycles. The largest absolute Gasteiger partial charge is 0.478 e. The molecular weight excluding hydrogens is 288 g/mol. The van der Waals surface area contributed by atoms with E-state index in [1.807, 2.05) is 6.92 Å². The fraction of sp³-hybridized carbons (Fsp3) is 0.812. The van der Waals surface area contributed by atoms with Gasteiger partial charge in [0.25, 0.3) is 0 Å². The minimum atomic E-state index is -0.926. The van der Waals surface area contributed by atoms with E-state index in [9.17, 15) is 15.0 Å². The summed E-state index contributed by atoms with van der Waals surface area (Å²) in [5.41, 5.74) is 0.327. The predicted octanol–water partition coefficient (Wildman–Crippen LogP) is 1.88. The summed E-state index contributed by atoms with van der Waals surface area (Å²) in [5.74, 6) is -0.671. The molecule has 7 atom stereocenters. The molecule has 0 bridgehead atoms. The van der Waals surface area contributed by atoms with Crippen molar-refractivity contribution in [3.63, 3.8) is 0 Å². The summed E-state index contributed by atoms with van der Waals surface area (Å²) in [4.78, 5) is 11.3. The summed E-state index contributed by atoms with van der Waals surface area (Å²) < 4.78 is 17.1. The van der Waals surface area contributed by atoms with Gasteiger partial charge in [-0.1, -0.05) is 6.92 Å². The number of carboxylic acid groups (broad SMARTS) is 1. The molecule has 0 unspecified atom stereocenters. The third kappa shape index (κ3) is 2.87. The van der Waals surface area contributed by atoms with Gasteiger partial charge in [-0.15, -0.1) is 0 Å². The molecule has 1 saturated carbocycles. The first-order valence-corrected chi connectivity index (χ1v) is 8.05. The van der Waals surface area contributed by atoms with Crippen LogP contribution < -0.4 is 0 Å². The quantitative estimate of drug-likeness (QED) is 0.827. The first kappa shape index (κ1) is 15.8. The van der Waals surface area contributed by atoms with E-state index in [2.05, 4.69) is 6.92 Å². The number of rotatable bonds is 3. The van der Waals surface area contributed by atoms with Crippen molar-refractivity contribution in [2.24, 2.45) is 17.8 Å². The second-order valence-electron chi connectivity index (χ2n) is 6.72. The standard InChI is InChI=1S/C16H24O6/c1-8-3-5-10-11(14(18)19)7-20-16(13(8)10)22-15-12(17)6-4-9(2)21-15/h7-10,12-13,15-17H,3-6H2,1-2H3,(H,18,19)/t8-,9+,10+,12+,13+,15-,16-/m0/s1. The van der Waals surface area contributed by atoms with Gasteiger partial charge in [-0.05, 0) is 38.5 Å². The smallest absolute Gasteiger partial charge is 0.334 e. The van der Waals surface area contributed by atoms with E-state index >= 15 is 0 Å². The van der Waals surface area contributed by atoms with Crippen LogP contribution in [0.4, 0.5) is 0 Å². The highest BCUT2D eigenvalue weighted by atomic mass is 16.8. The molecular formula is C16H24O6. The highest BCUT2D eigenvalue weighted by molar-refractivity contribution is 5.87. The molecule has 124 valence electrons. The lowest BCUT2D eigenvalue weighted by molar-refractivity contribution is -0.305. The van der Waals surface area contributed by atoms with Crippen LogP contribution in [0, 0.1) is 17.8 Å². The van der Waals surface area contributed by atoms with Crippen LogP contribution in [0.25, 0.3) is 0 Å². The molecule has 0 spiro atoms. The van der Waals surface area contributed by atoms with Crippen molar-refractivity contribution in [1.82, 2.24) is 0 Å². The Morgan fingerprint density at radius 2 is 2.00 bits per heavy atom. The summed E-state index contributed by atoms with van der Waals surface area (Å²) in [6, 6.07) is 0. The maximum Gasteiger partial charge on any atom is 0.334 e. The van der Waals surface area contributed by atoms with Gasteiger partial charge >= 0.3 is 5.97 Å². The Kier molecular flexibility index (Phi) is 4.43. The van der Waals surface area contributed by atoms with Crippen LogP contribution in [0.15, 0.2) is 11.8 Å². The van der Waals surface area contributed by atoms with Crippen LogP contribution >= 0.6 is 0 Å². The first-order chi connectivity index (χ1) is 10.5. The van der Waals surface area contributed by atoms with Crippen LogP contribution in [-0.4, -0.2) is 41.0 Å². The SMILES string of the molecule is C[C@@H]1CC[C@@H](O)[C@H](O[C@@H]2OC=C(C(=O)O)[C@H]3CC[C@H](C)[C@@H]23)O1. The molecule has 6 heteroatoms. The Bertz CT molecular complexity index is 462. The number of hydrogen-bond acceptors (Lipinski definition) is 5. The molecule has 2 N–H and O–H groups in total. The lowest BCUT2D eigenvalue weighted by atomic mass is 9.83. The zero-order valence-electron chi connectivity index (χ0n) is 13.0. The number of carboxylic acids is 1. The molecule has 1 aliphatic carbocycles. The van der Waals surface area contributed by atoms with Gasteiger partial charge in [-0.2, -0.15) is 0 Å². The molecule has 0 radical (unpaired) electrons. The monoisotopic (exact) mass is 312 g/mol. The maximum atomic E-state index is 11.3. The topological polar surface area (TPSA) is 85.2 Å². The van der Waals surface area contributed by atoms with Crippen molar-refractivity contribution in [2.75, 3.05) is 0 Å². The maximum absolute atomic E-state index is 11.3. The van der Waals surface area contributed by atoms with Crippen LogP contribution in [0.1, 0.15) is 39.5 Å². The molecule has 0 aromatic rings.